The molecule has 2 rings (SSSR count). The highest BCUT2D eigenvalue weighted by Crippen LogP contribution is 2.17. The van der Waals surface area contributed by atoms with Crippen LogP contribution in [0, 0.1) is 6.92 Å². The fraction of sp³-hybridized carbons (Fsp3) is 0.375. The third kappa shape index (κ3) is 4.05. The van der Waals surface area contributed by atoms with Crippen LogP contribution in [0.3, 0.4) is 0 Å². The molecule has 0 bridgehead atoms. The van der Waals surface area contributed by atoms with Gasteiger partial charge < -0.3 is 5.32 Å². The second kappa shape index (κ2) is 6.88. The van der Waals surface area contributed by atoms with Gasteiger partial charge in [-0.1, -0.05) is 50.1 Å². The first-order valence-corrected chi connectivity index (χ1v) is 6.94. The molecule has 1 heterocycles. The number of unbranched alkanes of at least 4 members (excludes halogenated alkanes) is 2. The van der Waals surface area contributed by atoms with E-state index in [0.29, 0.717) is 0 Å². The van der Waals surface area contributed by atoms with E-state index in [1.807, 2.05) is 43.3 Å². The van der Waals surface area contributed by atoms with Crippen molar-refractivity contribution in [2.75, 3.05) is 11.9 Å². The molecule has 0 fully saturated rings. The molecule has 19 heavy (non-hydrogen) atoms. The predicted octanol–water partition coefficient (Wildman–Crippen LogP) is 4.05. The minimum absolute atomic E-state index is 0.790. The van der Waals surface area contributed by atoms with Crippen LogP contribution in [0.25, 0.3) is 11.4 Å². The van der Waals surface area contributed by atoms with Gasteiger partial charge in [-0.15, -0.1) is 0 Å². The van der Waals surface area contributed by atoms with Crippen molar-refractivity contribution in [1.29, 1.82) is 0 Å². The van der Waals surface area contributed by atoms with Crippen LogP contribution >= 0.6 is 0 Å². The summed E-state index contributed by atoms with van der Waals surface area (Å²) >= 11 is 0. The smallest absolute Gasteiger partial charge is 0.161 e. The maximum Gasteiger partial charge on any atom is 0.161 e. The summed E-state index contributed by atoms with van der Waals surface area (Å²) in [6.07, 6.45) is 3.67. The van der Waals surface area contributed by atoms with Gasteiger partial charge in [0.25, 0.3) is 0 Å². The molecule has 0 atom stereocenters. The molecule has 2 aromatic rings. The number of benzene rings is 1. The SMILES string of the molecule is CCCCCNc1cc(C)nc(-c2ccccc2)n1. The van der Waals surface area contributed by atoms with E-state index < -0.39 is 0 Å². The topological polar surface area (TPSA) is 37.8 Å². The second-order valence-electron chi connectivity index (χ2n) is 4.72. The van der Waals surface area contributed by atoms with Gasteiger partial charge >= 0.3 is 0 Å². The molecule has 0 aliphatic heterocycles. The maximum absolute atomic E-state index is 4.58. The zero-order valence-corrected chi connectivity index (χ0v) is 11.7. The Morgan fingerprint density at radius 3 is 2.58 bits per heavy atom. The van der Waals surface area contributed by atoms with Gasteiger partial charge in [0, 0.05) is 23.9 Å². The summed E-state index contributed by atoms with van der Waals surface area (Å²) in [5.41, 5.74) is 2.05. The van der Waals surface area contributed by atoms with Gasteiger partial charge in [0.1, 0.15) is 5.82 Å². The molecule has 1 aromatic heterocycles. The Hall–Kier alpha value is -1.90. The summed E-state index contributed by atoms with van der Waals surface area (Å²) < 4.78 is 0. The van der Waals surface area contributed by atoms with Gasteiger partial charge in [-0.3, -0.25) is 0 Å². The number of rotatable bonds is 6. The van der Waals surface area contributed by atoms with Crippen LogP contribution in [-0.2, 0) is 0 Å². The lowest BCUT2D eigenvalue weighted by molar-refractivity contribution is 0.742. The molecule has 3 nitrogen and oxygen atoms in total. The van der Waals surface area contributed by atoms with E-state index in [4.69, 9.17) is 0 Å². The summed E-state index contributed by atoms with van der Waals surface area (Å²) in [5.74, 6) is 1.71. The Labute approximate surface area is 115 Å². The Balaban J connectivity index is 2.11. The lowest BCUT2D eigenvalue weighted by Gasteiger charge is -2.08. The molecule has 1 N–H and O–H groups in total. The van der Waals surface area contributed by atoms with Crippen LogP contribution in [0.1, 0.15) is 31.9 Å². The van der Waals surface area contributed by atoms with Crippen molar-refractivity contribution in [3.8, 4) is 11.4 Å². The number of aromatic nitrogens is 2. The molecule has 0 saturated heterocycles. The highest BCUT2D eigenvalue weighted by molar-refractivity contribution is 5.57. The molecular weight excluding hydrogens is 234 g/mol. The summed E-state index contributed by atoms with van der Waals surface area (Å²) in [7, 11) is 0. The van der Waals surface area contributed by atoms with Gasteiger partial charge in [0.15, 0.2) is 5.82 Å². The maximum atomic E-state index is 4.58. The molecular formula is C16H21N3. The molecule has 0 aliphatic carbocycles. The van der Waals surface area contributed by atoms with E-state index in [1.165, 1.54) is 19.3 Å². The number of nitrogens with zero attached hydrogens (tertiary/aromatic N) is 2. The third-order valence-electron chi connectivity index (χ3n) is 2.97. The Morgan fingerprint density at radius 2 is 1.84 bits per heavy atom. The van der Waals surface area contributed by atoms with Crippen molar-refractivity contribution in [3.05, 3.63) is 42.1 Å². The largest absolute Gasteiger partial charge is 0.370 e. The number of hydrogen-bond donors (Lipinski definition) is 1. The summed E-state index contributed by atoms with van der Waals surface area (Å²) in [6.45, 7) is 5.19. The van der Waals surface area contributed by atoms with Gasteiger partial charge in [-0.05, 0) is 13.3 Å². The molecule has 3 heteroatoms. The van der Waals surface area contributed by atoms with Crippen molar-refractivity contribution in [3.63, 3.8) is 0 Å². The van der Waals surface area contributed by atoms with Crippen LogP contribution in [0.5, 0.6) is 0 Å². The monoisotopic (exact) mass is 255 g/mol. The number of anilines is 1. The van der Waals surface area contributed by atoms with Gasteiger partial charge in [-0.2, -0.15) is 0 Å². The van der Waals surface area contributed by atoms with E-state index in [-0.39, 0.29) is 0 Å². The third-order valence-corrected chi connectivity index (χ3v) is 2.97. The standard InChI is InChI=1S/C16H21N3/c1-3-4-8-11-17-15-12-13(2)18-16(19-15)14-9-6-5-7-10-14/h5-7,9-10,12H,3-4,8,11H2,1-2H3,(H,17,18,19). The first kappa shape index (κ1) is 13.5. The summed E-state index contributed by atoms with van der Waals surface area (Å²) in [6, 6.07) is 12.1. The summed E-state index contributed by atoms with van der Waals surface area (Å²) in [5, 5.41) is 3.38. The summed E-state index contributed by atoms with van der Waals surface area (Å²) in [4.78, 5) is 9.08. The van der Waals surface area contributed by atoms with Gasteiger partial charge in [0.05, 0.1) is 0 Å². The molecule has 1 aromatic carbocycles. The molecule has 0 spiro atoms. The van der Waals surface area contributed by atoms with E-state index in [0.717, 1.165) is 29.4 Å². The lowest BCUT2D eigenvalue weighted by Crippen LogP contribution is -2.05. The molecule has 0 radical (unpaired) electrons. The number of nitrogens with one attached hydrogen (secondary N) is 1. The van der Waals surface area contributed by atoms with Crippen LogP contribution in [0.4, 0.5) is 5.82 Å². The minimum atomic E-state index is 0.790. The first-order chi connectivity index (χ1) is 9.29. The van der Waals surface area contributed by atoms with Crippen LogP contribution in [0.2, 0.25) is 0 Å². The second-order valence-corrected chi connectivity index (χ2v) is 4.72. The zero-order valence-electron chi connectivity index (χ0n) is 11.7. The zero-order chi connectivity index (χ0) is 13.5. The van der Waals surface area contributed by atoms with Crippen molar-refractivity contribution in [2.45, 2.75) is 33.1 Å². The highest BCUT2D eigenvalue weighted by atomic mass is 15.0. The van der Waals surface area contributed by atoms with Crippen molar-refractivity contribution >= 4 is 5.82 Å². The van der Waals surface area contributed by atoms with Crippen molar-refractivity contribution in [1.82, 2.24) is 9.97 Å². The van der Waals surface area contributed by atoms with E-state index in [1.54, 1.807) is 0 Å². The minimum Gasteiger partial charge on any atom is -0.370 e. The number of aryl methyl sites for hydroxylation is 1. The fourth-order valence-corrected chi connectivity index (χ4v) is 1.97. The van der Waals surface area contributed by atoms with E-state index >= 15 is 0 Å². The number of hydrogen-bond acceptors (Lipinski definition) is 3. The molecule has 0 amide bonds. The van der Waals surface area contributed by atoms with E-state index in [2.05, 4.69) is 22.2 Å². The first-order valence-electron chi connectivity index (χ1n) is 6.94. The predicted molar refractivity (Wildman–Crippen MR) is 80.2 cm³/mol. The van der Waals surface area contributed by atoms with Crippen molar-refractivity contribution < 1.29 is 0 Å². The van der Waals surface area contributed by atoms with Crippen LogP contribution < -0.4 is 5.32 Å². The van der Waals surface area contributed by atoms with Gasteiger partial charge in [-0.25, -0.2) is 9.97 Å². The average Bonchev–Trinajstić information content (AvgIpc) is 2.44. The van der Waals surface area contributed by atoms with Crippen molar-refractivity contribution in [2.24, 2.45) is 0 Å². The van der Waals surface area contributed by atoms with Gasteiger partial charge in [0.2, 0.25) is 0 Å². The Kier molecular flexibility index (Phi) is 4.90. The molecule has 0 unspecified atom stereocenters. The fourth-order valence-electron chi connectivity index (χ4n) is 1.97. The van der Waals surface area contributed by atoms with E-state index in [9.17, 15) is 0 Å². The Bertz CT molecular complexity index is 509. The molecule has 100 valence electrons. The molecule has 0 aliphatic rings. The Morgan fingerprint density at radius 1 is 1.05 bits per heavy atom. The highest BCUT2D eigenvalue weighted by Gasteiger charge is 2.04. The van der Waals surface area contributed by atoms with Crippen LogP contribution in [0.15, 0.2) is 36.4 Å². The lowest BCUT2D eigenvalue weighted by atomic mass is 10.2. The molecule has 0 saturated carbocycles. The normalized spacial score (nSPS) is 10.4. The van der Waals surface area contributed by atoms with Crippen LogP contribution in [-0.4, -0.2) is 16.5 Å². The average molecular weight is 255 g/mol. The quantitative estimate of drug-likeness (QED) is 0.791.